The number of ether oxygens (including phenoxy) is 1. The zero-order chi connectivity index (χ0) is 20.9. The summed E-state index contributed by atoms with van der Waals surface area (Å²) in [5.74, 6) is 1.34. The standard InChI is InChI=1S/C21H21ClN4O3S/c1-28-18-8-3-2-7-17(18)20-23-24-21(29-20)30-14-19(27)26-11-9-25(10-12-26)16-6-4-5-15(22)13-16/h2-8,13H,9-12,14H2,1H3. The van der Waals surface area contributed by atoms with Crippen LogP contribution in [0.2, 0.25) is 5.02 Å². The second kappa shape index (κ2) is 9.40. The van der Waals surface area contributed by atoms with Crippen molar-refractivity contribution in [3.63, 3.8) is 0 Å². The van der Waals surface area contributed by atoms with Gasteiger partial charge in [0.15, 0.2) is 0 Å². The number of hydrogen-bond donors (Lipinski definition) is 0. The summed E-state index contributed by atoms with van der Waals surface area (Å²) in [7, 11) is 1.59. The Hall–Kier alpha value is -2.71. The maximum absolute atomic E-state index is 12.6. The SMILES string of the molecule is COc1ccccc1-c1nnc(SCC(=O)N2CCN(c3cccc(Cl)c3)CC2)o1. The lowest BCUT2D eigenvalue weighted by molar-refractivity contribution is -0.128. The van der Waals surface area contributed by atoms with E-state index in [9.17, 15) is 4.79 Å². The summed E-state index contributed by atoms with van der Waals surface area (Å²) in [4.78, 5) is 16.7. The maximum Gasteiger partial charge on any atom is 0.277 e. The molecular weight excluding hydrogens is 424 g/mol. The van der Waals surface area contributed by atoms with Crippen LogP contribution in [0.5, 0.6) is 5.75 Å². The molecule has 1 aliphatic rings. The number of rotatable bonds is 6. The van der Waals surface area contributed by atoms with Gasteiger partial charge in [-0.1, -0.05) is 41.6 Å². The Labute approximate surface area is 184 Å². The van der Waals surface area contributed by atoms with E-state index >= 15 is 0 Å². The Morgan fingerprint density at radius 1 is 1.13 bits per heavy atom. The molecule has 7 nitrogen and oxygen atoms in total. The van der Waals surface area contributed by atoms with Crippen molar-refractivity contribution in [2.45, 2.75) is 5.22 Å². The smallest absolute Gasteiger partial charge is 0.277 e. The Morgan fingerprint density at radius 3 is 2.70 bits per heavy atom. The monoisotopic (exact) mass is 444 g/mol. The van der Waals surface area contributed by atoms with Crippen molar-refractivity contribution >= 4 is 35.0 Å². The van der Waals surface area contributed by atoms with Gasteiger partial charge in [0.05, 0.1) is 18.4 Å². The molecule has 1 fully saturated rings. The molecule has 0 N–H and O–H groups in total. The molecule has 1 saturated heterocycles. The van der Waals surface area contributed by atoms with E-state index in [1.54, 1.807) is 7.11 Å². The number of benzene rings is 2. The van der Waals surface area contributed by atoms with Crippen LogP contribution < -0.4 is 9.64 Å². The molecule has 1 aromatic heterocycles. The van der Waals surface area contributed by atoms with Crippen LogP contribution >= 0.6 is 23.4 Å². The van der Waals surface area contributed by atoms with E-state index < -0.39 is 0 Å². The highest BCUT2D eigenvalue weighted by Gasteiger charge is 2.22. The number of piperazine rings is 1. The highest BCUT2D eigenvalue weighted by Crippen LogP contribution is 2.30. The average molecular weight is 445 g/mol. The molecule has 2 heterocycles. The molecule has 156 valence electrons. The fourth-order valence-corrected chi connectivity index (χ4v) is 4.15. The van der Waals surface area contributed by atoms with E-state index in [2.05, 4.69) is 15.1 Å². The predicted octanol–water partition coefficient (Wildman–Crippen LogP) is 3.84. The van der Waals surface area contributed by atoms with Crippen LogP contribution in [0, 0.1) is 0 Å². The highest BCUT2D eigenvalue weighted by atomic mass is 35.5. The maximum atomic E-state index is 12.6. The minimum Gasteiger partial charge on any atom is -0.496 e. The number of anilines is 1. The van der Waals surface area contributed by atoms with E-state index in [0.717, 1.165) is 29.4 Å². The van der Waals surface area contributed by atoms with Crippen molar-refractivity contribution in [1.29, 1.82) is 0 Å². The number of amides is 1. The van der Waals surface area contributed by atoms with Gasteiger partial charge in [-0.05, 0) is 30.3 Å². The largest absolute Gasteiger partial charge is 0.496 e. The molecule has 0 bridgehead atoms. The molecule has 0 atom stereocenters. The summed E-state index contributed by atoms with van der Waals surface area (Å²) >= 11 is 7.33. The van der Waals surface area contributed by atoms with Crippen LogP contribution in [0.1, 0.15) is 0 Å². The molecule has 9 heteroatoms. The lowest BCUT2D eigenvalue weighted by Crippen LogP contribution is -2.49. The number of hydrogen-bond acceptors (Lipinski definition) is 7. The second-order valence-electron chi connectivity index (χ2n) is 6.71. The van der Waals surface area contributed by atoms with Gasteiger partial charge in [-0.2, -0.15) is 0 Å². The van der Waals surface area contributed by atoms with Crippen LogP contribution in [0.4, 0.5) is 5.69 Å². The molecule has 0 spiro atoms. The van der Waals surface area contributed by atoms with E-state index in [1.165, 1.54) is 11.8 Å². The molecule has 0 saturated carbocycles. The molecule has 30 heavy (non-hydrogen) atoms. The normalized spacial score (nSPS) is 14.1. The minimum atomic E-state index is 0.0581. The van der Waals surface area contributed by atoms with E-state index in [4.69, 9.17) is 20.8 Å². The van der Waals surface area contributed by atoms with Gasteiger partial charge in [-0.3, -0.25) is 4.79 Å². The van der Waals surface area contributed by atoms with Crippen molar-refractivity contribution in [3.8, 4) is 17.2 Å². The summed E-state index contributed by atoms with van der Waals surface area (Å²) in [5.41, 5.74) is 1.81. The first kappa shape index (κ1) is 20.6. The summed E-state index contributed by atoms with van der Waals surface area (Å²) in [6.07, 6.45) is 0. The first-order valence-electron chi connectivity index (χ1n) is 9.52. The number of carbonyl (C=O) groups excluding carboxylic acids is 1. The van der Waals surface area contributed by atoms with Gasteiger partial charge in [-0.25, -0.2) is 0 Å². The zero-order valence-electron chi connectivity index (χ0n) is 16.5. The topological polar surface area (TPSA) is 71.7 Å². The lowest BCUT2D eigenvalue weighted by atomic mass is 10.2. The molecule has 2 aromatic carbocycles. The number of methoxy groups -OCH3 is 1. The number of carbonyl (C=O) groups is 1. The summed E-state index contributed by atoms with van der Waals surface area (Å²) < 4.78 is 11.0. The van der Waals surface area contributed by atoms with Crippen LogP contribution in [-0.4, -0.2) is 60.0 Å². The zero-order valence-corrected chi connectivity index (χ0v) is 18.0. The van der Waals surface area contributed by atoms with Gasteiger partial charge in [0, 0.05) is 36.9 Å². The fourth-order valence-electron chi connectivity index (χ4n) is 3.30. The number of para-hydroxylation sites is 1. The van der Waals surface area contributed by atoms with Crippen LogP contribution in [0.3, 0.4) is 0 Å². The van der Waals surface area contributed by atoms with E-state index in [1.807, 2.05) is 53.4 Å². The third kappa shape index (κ3) is 4.71. The van der Waals surface area contributed by atoms with Crippen molar-refractivity contribution in [2.75, 3.05) is 43.9 Å². The summed E-state index contributed by atoms with van der Waals surface area (Å²) in [6.45, 7) is 2.88. The Morgan fingerprint density at radius 2 is 1.93 bits per heavy atom. The molecule has 0 radical (unpaired) electrons. The Bertz CT molecular complexity index is 1020. The van der Waals surface area contributed by atoms with E-state index in [-0.39, 0.29) is 11.7 Å². The lowest BCUT2D eigenvalue weighted by Gasteiger charge is -2.36. The van der Waals surface area contributed by atoms with E-state index in [0.29, 0.717) is 30.0 Å². The quantitative estimate of drug-likeness (QED) is 0.535. The second-order valence-corrected chi connectivity index (χ2v) is 8.07. The molecule has 1 amide bonds. The highest BCUT2D eigenvalue weighted by molar-refractivity contribution is 7.99. The Balaban J connectivity index is 1.30. The number of aromatic nitrogens is 2. The van der Waals surface area contributed by atoms with Gasteiger partial charge >= 0.3 is 0 Å². The van der Waals surface area contributed by atoms with Gasteiger partial charge in [0.2, 0.25) is 5.91 Å². The third-order valence-corrected chi connectivity index (χ3v) is 5.91. The molecule has 4 rings (SSSR count). The average Bonchev–Trinajstić information content (AvgIpc) is 3.26. The van der Waals surface area contributed by atoms with Crippen molar-refractivity contribution in [2.24, 2.45) is 0 Å². The molecule has 0 aliphatic carbocycles. The minimum absolute atomic E-state index is 0.0581. The van der Waals surface area contributed by atoms with Crippen molar-refractivity contribution < 1.29 is 13.9 Å². The number of thioether (sulfide) groups is 1. The molecule has 0 unspecified atom stereocenters. The molecule has 1 aliphatic heterocycles. The molecule has 3 aromatic rings. The Kier molecular flexibility index (Phi) is 6.44. The van der Waals surface area contributed by atoms with Crippen molar-refractivity contribution in [1.82, 2.24) is 15.1 Å². The third-order valence-electron chi connectivity index (χ3n) is 4.87. The first-order valence-corrected chi connectivity index (χ1v) is 10.9. The van der Waals surface area contributed by atoms with Gasteiger partial charge in [0.1, 0.15) is 5.75 Å². The fraction of sp³-hybridized carbons (Fsp3) is 0.286. The van der Waals surface area contributed by atoms with Gasteiger partial charge < -0.3 is 19.0 Å². The summed E-state index contributed by atoms with van der Waals surface area (Å²) in [5, 5.41) is 9.20. The number of nitrogens with zero attached hydrogens (tertiary/aromatic N) is 4. The van der Waals surface area contributed by atoms with Gasteiger partial charge in [0.25, 0.3) is 11.1 Å². The van der Waals surface area contributed by atoms with Gasteiger partial charge in [-0.15, -0.1) is 10.2 Å². The van der Waals surface area contributed by atoms with Crippen LogP contribution in [0.15, 0.2) is 58.2 Å². The van der Waals surface area contributed by atoms with Crippen LogP contribution in [0.25, 0.3) is 11.5 Å². The first-order chi connectivity index (χ1) is 14.6. The van der Waals surface area contributed by atoms with Crippen LogP contribution in [-0.2, 0) is 4.79 Å². The van der Waals surface area contributed by atoms with Crippen molar-refractivity contribution in [3.05, 3.63) is 53.6 Å². The number of halogens is 1. The predicted molar refractivity (Wildman–Crippen MR) is 117 cm³/mol. The summed E-state index contributed by atoms with van der Waals surface area (Å²) in [6, 6.07) is 15.2. The molecular formula is C21H21ClN4O3S.